The highest BCUT2D eigenvalue weighted by Crippen LogP contribution is 2.29. The summed E-state index contributed by atoms with van der Waals surface area (Å²) in [4.78, 5) is 4.20. The third-order valence-electron chi connectivity index (χ3n) is 3.90. The fourth-order valence-electron chi connectivity index (χ4n) is 2.30. The topological polar surface area (TPSA) is 129 Å². The van der Waals surface area contributed by atoms with Crippen molar-refractivity contribution in [3.05, 3.63) is 28.8 Å². The van der Waals surface area contributed by atoms with Crippen molar-refractivity contribution in [3.8, 4) is 11.3 Å². The van der Waals surface area contributed by atoms with E-state index in [2.05, 4.69) is 20.5 Å². The predicted octanol–water partition coefficient (Wildman–Crippen LogP) is 1.57. The predicted molar refractivity (Wildman–Crippen MR) is 109 cm³/mol. The van der Waals surface area contributed by atoms with Gasteiger partial charge in [-0.05, 0) is 18.6 Å². The Morgan fingerprint density at radius 2 is 1.93 bits per heavy atom. The summed E-state index contributed by atoms with van der Waals surface area (Å²) in [5, 5.41) is 11.7. The number of nitrogens with two attached hydrogens (primary N) is 1. The summed E-state index contributed by atoms with van der Waals surface area (Å²) in [6.07, 6.45) is 0. The zero-order chi connectivity index (χ0) is 20.6. The van der Waals surface area contributed by atoms with Crippen LogP contribution in [0.3, 0.4) is 0 Å². The Bertz CT molecular complexity index is 895. The Morgan fingerprint density at radius 1 is 1.18 bits per heavy atom. The van der Waals surface area contributed by atoms with Crippen LogP contribution in [-0.4, -0.2) is 68.6 Å². The lowest BCUT2D eigenvalue weighted by molar-refractivity contribution is 0.159. The minimum absolute atomic E-state index is 0.0116. The quantitative estimate of drug-likeness (QED) is 0.511. The zero-order valence-electron chi connectivity index (χ0n) is 15.8. The number of nitrogens with zero attached hydrogens (tertiary/aromatic N) is 3. The third kappa shape index (κ3) is 6.55. The van der Waals surface area contributed by atoms with Gasteiger partial charge in [0.1, 0.15) is 5.69 Å². The lowest BCUT2D eigenvalue weighted by atomic mass is 10.1. The Balaban J connectivity index is 1.81. The summed E-state index contributed by atoms with van der Waals surface area (Å²) in [6, 6.07) is 5.45. The molecule has 0 saturated carbocycles. The van der Waals surface area contributed by atoms with Gasteiger partial charge in [0, 0.05) is 24.2 Å². The van der Waals surface area contributed by atoms with E-state index in [4.69, 9.17) is 26.8 Å². The van der Waals surface area contributed by atoms with Gasteiger partial charge in [0.05, 0.1) is 31.3 Å². The number of sulfone groups is 1. The summed E-state index contributed by atoms with van der Waals surface area (Å²) in [7, 11) is -1.70. The highest BCUT2D eigenvalue weighted by molar-refractivity contribution is 7.91. The van der Waals surface area contributed by atoms with Crippen molar-refractivity contribution in [1.29, 1.82) is 0 Å². The van der Waals surface area contributed by atoms with E-state index in [-0.39, 0.29) is 43.1 Å². The van der Waals surface area contributed by atoms with Crippen LogP contribution in [0.1, 0.15) is 5.56 Å². The van der Waals surface area contributed by atoms with E-state index in [0.717, 1.165) is 11.1 Å². The van der Waals surface area contributed by atoms with Gasteiger partial charge in [0.25, 0.3) is 0 Å². The highest BCUT2D eigenvalue weighted by atomic mass is 35.5. The second-order valence-electron chi connectivity index (χ2n) is 5.97. The largest absolute Gasteiger partial charge is 0.384 e. The number of rotatable bonds is 11. The lowest BCUT2D eigenvalue weighted by Crippen LogP contribution is -2.20. The first-order chi connectivity index (χ1) is 13.3. The molecule has 2 rings (SSSR count). The van der Waals surface area contributed by atoms with E-state index >= 15 is 0 Å². The first-order valence-corrected chi connectivity index (χ1v) is 10.8. The Morgan fingerprint density at radius 3 is 2.64 bits per heavy atom. The third-order valence-corrected chi connectivity index (χ3v) is 5.89. The number of benzene rings is 1. The molecule has 1 heterocycles. The summed E-state index contributed by atoms with van der Waals surface area (Å²) in [6.45, 7) is 2.84. The van der Waals surface area contributed by atoms with E-state index in [1.807, 2.05) is 19.1 Å². The van der Waals surface area contributed by atoms with E-state index in [1.165, 1.54) is 7.11 Å². The maximum absolute atomic E-state index is 11.6. The van der Waals surface area contributed by atoms with Crippen LogP contribution < -0.4 is 11.1 Å². The van der Waals surface area contributed by atoms with Crippen molar-refractivity contribution in [3.63, 3.8) is 0 Å². The molecule has 0 unspecified atom stereocenters. The number of halogens is 1. The first-order valence-electron chi connectivity index (χ1n) is 8.60. The molecule has 28 heavy (non-hydrogen) atoms. The summed E-state index contributed by atoms with van der Waals surface area (Å²) < 4.78 is 33.4. The number of methoxy groups -OCH3 is 1. The van der Waals surface area contributed by atoms with Gasteiger partial charge in [-0.15, -0.1) is 10.2 Å². The van der Waals surface area contributed by atoms with Crippen molar-refractivity contribution >= 4 is 33.2 Å². The first kappa shape index (κ1) is 22.3. The molecule has 1 aromatic heterocycles. The zero-order valence-corrected chi connectivity index (χ0v) is 17.4. The van der Waals surface area contributed by atoms with E-state index in [0.29, 0.717) is 17.3 Å². The van der Waals surface area contributed by atoms with Crippen LogP contribution in [0.25, 0.3) is 11.3 Å². The van der Waals surface area contributed by atoms with E-state index in [9.17, 15) is 8.42 Å². The summed E-state index contributed by atoms with van der Waals surface area (Å²) >= 11 is 6.13. The molecule has 3 N–H and O–H groups in total. The van der Waals surface area contributed by atoms with Gasteiger partial charge in [-0.25, -0.2) is 8.42 Å². The van der Waals surface area contributed by atoms with Crippen LogP contribution in [0.4, 0.5) is 11.8 Å². The molecular formula is C17H24ClN5O4S. The minimum Gasteiger partial charge on any atom is -0.384 e. The van der Waals surface area contributed by atoms with Crippen LogP contribution in [0.5, 0.6) is 0 Å². The summed E-state index contributed by atoms with van der Waals surface area (Å²) in [5.74, 6) is 0.433. The number of hydrogen-bond donors (Lipinski definition) is 2. The average Bonchev–Trinajstić information content (AvgIpc) is 2.66. The van der Waals surface area contributed by atoms with Gasteiger partial charge in [0.2, 0.25) is 5.95 Å². The fourth-order valence-corrected chi connectivity index (χ4v) is 3.48. The number of anilines is 2. The maximum atomic E-state index is 11.6. The number of nitrogens with one attached hydrogen (secondary N) is 1. The van der Waals surface area contributed by atoms with Crippen LogP contribution in [0.15, 0.2) is 18.2 Å². The van der Waals surface area contributed by atoms with Gasteiger partial charge in [-0.2, -0.15) is 4.98 Å². The van der Waals surface area contributed by atoms with Crippen LogP contribution in [0.2, 0.25) is 5.02 Å². The molecule has 1 aromatic carbocycles. The SMILES string of the molecule is COCCS(=O)(=O)CCOCCNc1nnc(-c2cccc(Cl)c2C)c(N)n1. The maximum Gasteiger partial charge on any atom is 0.244 e. The molecule has 0 aliphatic rings. The molecule has 0 bridgehead atoms. The normalized spacial score (nSPS) is 11.5. The molecule has 0 saturated heterocycles. The molecule has 0 aliphatic heterocycles. The number of aromatic nitrogens is 3. The molecule has 0 radical (unpaired) electrons. The molecule has 0 amide bonds. The molecule has 0 aliphatic carbocycles. The van der Waals surface area contributed by atoms with Crippen molar-refractivity contribution < 1.29 is 17.9 Å². The fraction of sp³-hybridized carbons (Fsp3) is 0.471. The Labute approximate surface area is 169 Å². The molecular weight excluding hydrogens is 406 g/mol. The standard InChI is InChI=1S/C17H24ClN5O4S/c1-12-13(4-3-5-14(12)18)15-16(19)21-17(23-22-15)20-6-7-27-9-11-28(24,25)10-8-26-2/h3-5H,6-11H2,1-2H3,(H3,19,20,21,23). The second-order valence-corrected chi connectivity index (χ2v) is 8.68. The van der Waals surface area contributed by atoms with Crippen LogP contribution in [-0.2, 0) is 19.3 Å². The number of ether oxygens (including phenoxy) is 2. The van der Waals surface area contributed by atoms with Crippen molar-refractivity contribution in [1.82, 2.24) is 15.2 Å². The van der Waals surface area contributed by atoms with Gasteiger partial charge < -0.3 is 20.5 Å². The smallest absolute Gasteiger partial charge is 0.244 e. The van der Waals surface area contributed by atoms with E-state index in [1.54, 1.807) is 6.07 Å². The molecule has 9 nitrogen and oxygen atoms in total. The Hall–Kier alpha value is -2.01. The molecule has 0 spiro atoms. The second kappa shape index (κ2) is 10.5. The molecule has 11 heteroatoms. The minimum atomic E-state index is -3.16. The van der Waals surface area contributed by atoms with Gasteiger partial charge in [0.15, 0.2) is 15.7 Å². The van der Waals surface area contributed by atoms with Gasteiger partial charge >= 0.3 is 0 Å². The monoisotopic (exact) mass is 429 g/mol. The number of hydrogen-bond acceptors (Lipinski definition) is 9. The lowest BCUT2D eigenvalue weighted by Gasteiger charge is -2.10. The van der Waals surface area contributed by atoms with Crippen molar-refractivity contribution in [2.75, 3.05) is 56.0 Å². The molecule has 0 atom stereocenters. The van der Waals surface area contributed by atoms with E-state index < -0.39 is 9.84 Å². The highest BCUT2D eigenvalue weighted by Gasteiger charge is 2.13. The van der Waals surface area contributed by atoms with Crippen molar-refractivity contribution in [2.45, 2.75) is 6.92 Å². The summed E-state index contributed by atoms with van der Waals surface area (Å²) in [5.41, 5.74) is 8.09. The molecule has 2 aromatic rings. The van der Waals surface area contributed by atoms with Crippen molar-refractivity contribution in [2.24, 2.45) is 0 Å². The van der Waals surface area contributed by atoms with Crippen LogP contribution >= 0.6 is 11.6 Å². The molecule has 0 fully saturated rings. The van der Waals surface area contributed by atoms with Gasteiger partial charge in [-0.1, -0.05) is 23.7 Å². The Kier molecular flexibility index (Phi) is 8.36. The number of nitrogen functional groups attached to an aromatic ring is 1. The molecule has 154 valence electrons. The van der Waals surface area contributed by atoms with Crippen LogP contribution in [0, 0.1) is 6.92 Å². The van der Waals surface area contributed by atoms with Gasteiger partial charge in [-0.3, -0.25) is 0 Å². The average molecular weight is 430 g/mol.